The molecule has 3 amide bonds. The van der Waals surface area contributed by atoms with Crippen LogP contribution in [0.5, 0.6) is 0 Å². The van der Waals surface area contributed by atoms with Crippen molar-refractivity contribution in [1.29, 1.82) is 0 Å². The minimum absolute atomic E-state index is 0.150. The molecule has 0 bridgehead atoms. The van der Waals surface area contributed by atoms with Crippen LogP contribution in [0.25, 0.3) is 10.2 Å². The number of para-hydroxylation sites is 1. The topological polar surface area (TPSA) is 80.3 Å². The first kappa shape index (κ1) is 15.7. The van der Waals surface area contributed by atoms with Crippen molar-refractivity contribution >= 4 is 45.3 Å². The summed E-state index contributed by atoms with van der Waals surface area (Å²) in [5.74, 6) is -0.202. The number of thiazole rings is 1. The van der Waals surface area contributed by atoms with Crippen LogP contribution in [-0.2, 0) is 9.53 Å². The molecule has 0 spiro atoms. The van der Waals surface area contributed by atoms with Gasteiger partial charge < -0.3 is 10.1 Å². The number of hydrogen-bond donors (Lipinski definition) is 2. The lowest BCUT2D eigenvalue weighted by molar-refractivity contribution is -0.117. The van der Waals surface area contributed by atoms with E-state index in [1.165, 1.54) is 23.1 Å². The number of carbonyl (C=O) groups is 2. The highest BCUT2D eigenvalue weighted by Crippen LogP contribution is 2.28. The summed E-state index contributed by atoms with van der Waals surface area (Å²) in [6.45, 7) is 0.767. The Morgan fingerprint density at radius 3 is 2.95 bits per heavy atom. The van der Waals surface area contributed by atoms with E-state index in [1.807, 2.05) is 24.3 Å². The van der Waals surface area contributed by atoms with Crippen molar-refractivity contribution in [3.05, 3.63) is 24.3 Å². The maximum absolute atomic E-state index is 11.6. The van der Waals surface area contributed by atoms with Crippen LogP contribution in [0.15, 0.2) is 28.6 Å². The molecule has 8 heteroatoms. The summed E-state index contributed by atoms with van der Waals surface area (Å²) in [5, 5.41) is 4.77. The number of aromatic nitrogens is 1. The standard InChI is InChI=1S/C13H15N3O3S2/c1-19-7-6-14-12(18)16-11(17)8-20-13-15-9-4-2-3-5-10(9)21-13/h2-5H,6-8H2,1H3,(H2,14,16,17,18). The number of amides is 3. The van der Waals surface area contributed by atoms with E-state index in [0.717, 1.165) is 14.6 Å². The van der Waals surface area contributed by atoms with E-state index in [2.05, 4.69) is 15.6 Å². The van der Waals surface area contributed by atoms with Gasteiger partial charge in [0.25, 0.3) is 0 Å². The fourth-order valence-electron chi connectivity index (χ4n) is 1.51. The fraction of sp³-hybridized carbons (Fsp3) is 0.308. The van der Waals surface area contributed by atoms with E-state index in [-0.39, 0.29) is 11.7 Å². The van der Waals surface area contributed by atoms with Crippen LogP contribution in [0.4, 0.5) is 4.79 Å². The number of urea groups is 1. The number of thioether (sulfide) groups is 1. The first-order valence-corrected chi connectivity index (χ1v) is 8.04. The van der Waals surface area contributed by atoms with Crippen LogP contribution < -0.4 is 10.6 Å². The number of fused-ring (bicyclic) bond motifs is 1. The van der Waals surface area contributed by atoms with E-state index in [0.29, 0.717) is 13.2 Å². The monoisotopic (exact) mass is 325 g/mol. The number of hydrogen-bond acceptors (Lipinski definition) is 6. The van der Waals surface area contributed by atoms with Crippen molar-refractivity contribution in [2.75, 3.05) is 26.0 Å². The van der Waals surface area contributed by atoms with E-state index in [4.69, 9.17) is 4.74 Å². The summed E-state index contributed by atoms with van der Waals surface area (Å²) in [5.41, 5.74) is 0.919. The van der Waals surface area contributed by atoms with Crippen molar-refractivity contribution in [2.45, 2.75) is 4.34 Å². The number of ether oxygens (including phenoxy) is 1. The summed E-state index contributed by atoms with van der Waals surface area (Å²) >= 11 is 2.85. The van der Waals surface area contributed by atoms with Crippen molar-refractivity contribution in [3.63, 3.8) is 0 Å². The first-order chi connectivity index (χ1) is 10.2. The van der Waals surface area contributed by atoms with Crippen LogP contribution >= 0.6 is 23.1 Å². The van der Waals surface area contributed by atoms with Gasteiger partial charge in [0.2, 0.25) is 5.91 Å². The third kappa shape index (κ3) is 5.00. The maximum Gasteiger partial charge on any atom is 0.321 e. The van der Waals surface area contributed by atoms with Crippen LogP contribution in [0.3, 0.4) is 0 Å². The molecule has 0 radical (unpaired) electrons. The fourth-order valence-corrected chi connectivity index (χ4v) is 3.38. The zero-order valence-electron chi connectivity index (χ0n) is 11.4. The summed E-state index contributed by atoms with van der Waals surface area (Å²) in [7, 11) is 1.54. The molecule has 1 heterocycles. The van der Waals surface area contributed by atoms with Crippen molar-refractivity contribution in [2.24, 2.45) is 0 Å². The molecule has 1 aromatic heterocycles. The number of imide groups is 1. The zero-order valence-corrected chi connectivity index (χ0v) is 13.1. The van der Waals surface area contributed by atoms with E-state index in [1.54, 1.807) is 7.11 Å². The van der Waals surface area contributed by atoms with Gasteiger partial charge in [-0.3, -0.25) is 10.1 Å². The molecular weight excluding hydrogens is 310 g/mol. The Hall–Kier alpha value is -1.64. The molecule has 0 atom stereocenters. The SMILES string of the molecule is COCCNC(=O)NC(=O)CSc1nc2ccccc2s1. The largest absolute Gasteiger partial charge is 0.383 e. The number of rotatable bonds is 6. The Kier molecular flexibility index (Phi) is 5.97. The van der Waals surface area contributed by atoms with Crippen molar-refractivity contribution in [1.82, 2.24) is 15.6 Å². The molecule has 2 aromatic rings. The molecule has 0 aliphatic heterocycles. The smallest absolute Gasteiger partial charge is 0.321 e. The van der Waals surface area contributed by atoms with E-state index in [9.17, 15) is 9.59 Å². The predicted molar refractivity (Wildman–Crippen MR) is 83.8 cm³/mol. The minimum atomic E-state index is -0.512. The van der Waals surface area contributed by atoms with Crippen LogP contribution in [0, 0.1) is 0 Å². The number of methoxy groups -OCH3 is 1. The zero-order chi connectivity index (χ0) is 15.1. The third-order valence-electron chi connectivity index (χ3n) is 2.45. The van der Waals surface area contributed by atoms with Gasteiger partial charge in [0.15, 0.2) is 4.34 Å². The second-order valence-electron chi connectivity index (χ2n) is 4.03. The number of benzene rings is 1. The number of carbonyl (C=O) groups excluding carboxylic acids is 2. The highest BCUT2D eigenvalue weighted by molar-refractivity contribution is 8.01. The quantitative estimate of drug-likeness (QED) is 0.626. The van der Waals surface area contributed by atoms with Gasteiger partial charge in [-0.1, -0.05) is 23.9 Å². The molecule has 0 saturated carbocycles. The molecule has 112 valence electrons. The molecule has 0 saturated heterocycles. The normalized spacial score (nSPS) is 10.5. The summed E-state index contributed by atoms with van der Waals surface area (Å²) in [6, 6.07) is 7.28. The van der Waals surface area contributed by atoms with Gasteiger partial charge in [-0.2, -0.15) is 0 Å². The summed E-state index contributed by atoms with van der Waals surface area (Å²) in [4.78, 5) is 27.4. The summed E-state index contributed by atoms with van der Waals surface area (Å²) < 4.78 is 6.69. The highest BCUT2D eigenvalue weighted by Gasteiger charge is 2.10. The van der Waals surface area contributed by atoms with Gasteiger partial charge >= 0.3 is 6.03 Å². The van der Waals surface area contributed by atoms with E-state index < -0.39 is 6.03 Å². The average molecular weight is 325 g/mol. The molecule has 21 heavy (non-hydrogen) atoms. The molecule has 0 aliphatic carbocycles. The Morgan fingerprint density at radius 2 is 2.19 bits per heavy atom. The second kappa shape index (κ2) is 7.96. The Balaban J connectivity index is 1.77. The van der Waals surface area contributed by atoms with Crippen LogP contribution in [0.1, 0.15) is 0 Å². The molecule has 1 aromatic carbocycles. The predicted octanol–water partition coefficient (Wildman–Crippen LogP) is 1.86. The van der Waals surface area contributed by atoms with Gasteiger partial charge in [-0.25, -0.2) is 9.78 Å². The molecular formula is C13H15N3O3S2. The van der Waals surface area contributed by atoms with Gasteiger partial charge in [0.05, 0.1) is 22.6 Å². The lowest BCUT2D eigenvalue weighted by atomic mass is 10.3. The second-order valence-corrected chi connectivity index (χ2v) is 6.29. The van der Waals surface area contributed by atoms with Crippen LogP contribution in [0.2, 0.25) is 0 Å². The lowest BCUT2D eigenvalue weighted by Gasteiger charge is -2.05. The van der Waals surface area contributed by atoms with Crippen molar-refractivity contribution < 1.29 is 14.3 Å². The Bertz CT molecular complexity index is 597. The highest BCUT2D eigenvalue weighted by atomic mass is 32.2. The number of nitrogens with zero attached hydrogens (tertiary/aromatic N) is 1. The first-order valence-electron chi connectivity index (χ1n) is 6.24. The number of nitrogens with one attached hydrogen (secondary N) is 2. The van der Waals surface area contributed by atoms with Gasteiger partial charge in [-0.15, -0.1) is 11.3 Å². The minimum Gasteiger partial charge on any atom is -0.383 e. The average Bonchev–Trinajstić information content (AvgIpc) is 2.88. The van der Waals surface area contributed by atoms with Gasteiger partial charge in [-0.05, 0) is 12.1 Å². The lowest BCUT2D eigenvalue weighted by Crippen LogP contribution is -2.41. The van der Waals surface area contributed by atoms with Crippen LogP contribution in [-0.4, -0.2) is 42.9 Å². The molecule has 0 unspecified atom stereocenters. The third-order valence-corrected chi connectivity index (χ3v) is 4.63. The van der Waals surface area contributed by atoms with Gasteiger partial charge in [0.1, 0.15) is 0 Å². The Morgan fingerprint density at radius 1 is 1.38 bits per heavy atom. The molecule has 0 aliphatic rings. The molecule has 2 N–H and O–H groups in total. The molecule has 2 rings (SSSR count). The maximum atomic E-state index is 11.6. The molecule has 6 nitrogen and oxygen atoms in total. The Labute approximate surface area is 130 Å². The molecule has 0 fully saturated rings. The van der Waals surface area contributed by atoms with Gasteiger partial charge in [0, 0.05) is 13.7 Å². The van der Waals surface area contributed by atoms with E-state index >= 15 is 0 Å². The van der Waals surface area contributed by atoms with Crippen molar-refractivity contribution in [3.8, 4) is 0 Å². The summed E-state index contributed by atoms with van der Waals surface area (Å²) in [6.07, 6.45) is 0.